The molecule has 0 fully saturated rings. The van der Waals surface area contributed by atoms with E-state index in [1.165, 1.54) is 6.07 Å². The maximum absolute atomic E-state index is 13.7. The summed E-state index contributed by atoms with van der Waals surface area (Å²) in [5.74, 6) is -1.43. The average Bonchev–Trinajstić information content (AvgIpc) is 2.46. The molecule has 0 bridgehead atoms. The Hall–Kier alpha value is -2.33. The summed E-state index contributed by atoms with van der Waals surface area (Å²) in [6.45, 7) is 0. The summed E-state index contributed by atoms with van der Waals surface area (Å²) in [7, 11) is 0. The molecule has 1 N–H and O–H groups in total. The van der Waals surface area contributed by atoms with Crippen molar-refractivity contribution >= 4 is 10.9 Å². The number of aromatic nitrogens is 1. The standard InChI is InChI=1S/C16H11F2NO/c17-12-4-5-13(14(18)9-12)16(20)11-3-6-15-10(8-11)2-1-7-19-15/h1-9,16,20H. The lowest BCUT2D eigenvalue weighted by Crippen LogP contribution is -2.03. The Kier molecular flexibility index (Phi) is 3.16. The number of nitrogens with zero attached hydrogens (tertiary/aromatic N) is 1. The summed E-state index contributed by atoms with van der Waals surface area (Å²) < 4.78 is 26.6. The number of hydrogen-bond donors (Lipinski definition) is 1. The van der Waals surface area contributed by atoms with E-state index < -0.39 is 17.7 Å². The molecule has 0 amide bonds. The van der Waals surface area contributed by atoms with Crippen LogP contribution in [0.5, 0.6) is 0 Å². The molecule has 0 aliphatic carbocycles. The van der Waals surface area contributed by atoms with Gasteiger partial charge in [-0.3, -0.25) is 4.98 Å². The van der Waals surface area contributed by atoms with Crippen molar-refractivity contribution < 1.29 is 13.9 Å². The van der Waals surface area contributed by atoms with E-state index in [2.05, 4.69) is 4.98 Å². The fraction of sp³-hybridized carbons (Fsp3) is 0.0625. The zero-order chi connectivity index (χ0) is 14.1. The van der Waals surface area contributed by atoms with Gasteiger partial charge >= 0.3 is 0 Å². The summed E-state index contributed by atoms with van der Waals surface area (Å²) in [6.07, 6.45) is 0.540. The highest BCUT2D eigenvalue weighted by Crippen LogP contribution is 2.26. The third-order valence-corrected chi connectivity index (χ3v) is 3.20. The number of pyridine rings is 1. The quantitative estimate of drug-likeness (QED) is 0.772. The minimum Gasteiger partial charge on any atom is -0.384 e. The van der Waals surface area contributed by atoms with Crippen molar-refractivity contribution in [2.24, 2.45) is 0 Å². The Bertz CT molecular complexity index is 773. The Morgan fingerprint density at radius 2 is 1.85 bits per heavy atom. The maximum atomic E-state index is 13.7. The van der Waals surface area contributed by atoms with E-state index in [-0.39, 0.29) is 5.56 Å². The van der Waals surface area contributed by atoms with Gasteiger partial charge in [-0.2, -0.15) is 0 Å². The smallest absolute Gasteiger partial charge is 0.132 e. The lowest BCUT2D eigenvalue weighted by Gasteiger charge is -2.13. The van der Waals surface area contributed by atoms with E-state index in [1.54, 1.807) is 30.5 Å². The summed E-state index contributed by atoms with van der Waals surface area (Å²) in [4.78, 5) is 4.18. The first-order valence-electron chi connectivity index (χ1n) is 6.13. The van der Waals surface area contributed by atoms with Crippen molar-refractivity contribution in [3.63, 3.8) is 0 Å². The van der Waals surface area contributed by atoms with Gasteiger partial charge in [-0.1, -0.05) is 18.2 Å². The number of rotatable bonds is 2. The van der Waals surface area contributed by atoms with E-state index in [1.807, 2.05) is 6.07 Å². The van der Waals surface area contributed by atoms with Gasteiger partial charge < -0.3 is 5.11 Å². The second kappa shape index (κ2) is 4.98. The molecule has 0 saturated heterocycles. The number of aliphatic hydroxyl groups excluding tert-OH is 1. The lowest BCUT2D eigenvalue weighted by atomic mass is 9.99. The van der Waals surface area contributed by atoms with Crippen molar-refractivity contribution in [3.05, 3.63) is 77.5 Å². The number of benzene rings is 2. The molecule has 20 heavy (non-hydrogen) atoms. The molecule has 3 rings (SSSR count). The first-order valence-corrected chi connectivity index (χ1v) is 6.13. The molecule has 1 aromatic heterocycles. The molecular formula is C16H11F2NO. The highest BCUT2D eigenvalue weighted by Gasteiger charge is 2.16. The molecule has 0 radical (unpaired) electrons. The van der Waals surface area contributed by atoms with Crippen LogP contribution in [0.3, 0.4) is 0 Å². The number of hydrogen-bond acceptors (Lipinski definition) is 2. The van der Waals surface area contributed by atoms with Crippen molar-refractivity contribution in [2.75, 3.05) is 0 Å². The van der Waals surface area contributed by atoms with Crippen LogP contribution in [0.25, 0.3) is 10.9 Å². The van der Waals surface area contributed by atoms with Gasteiger partial charge in [0.2, 0.25) is 0 Å². The molecule has 0 saturated carbocycles. The highest BCUT2D eigenvalue weighted by molar-refractivity contribution is 5.79. The molecule has 2 nitrogen and oxygen atoms in total. The summed E-state index contributed by atoms with van der Waals surface area (Å²) in [5, 5.41) is 11.1. The second-order valence-electron chi connectivity index (χ2n) is 4.52. The highest BCUT2D eigenvalue weighted by atomic mass is 19.1. The van der Waals surface area contributed by atoms with Crippen LogP contribution in [0.2, 0.25) is 0 Å². The molecule has 1 heterocycles. The van der Waals surface area contributed by atoms with Gasteiger partial charge in [-0.25, -0.2) is 8.78 Å². The minimum absolute atomic E-state index is 0.0506. The van der Waals surface area contributed by atoms with Crippen molar-refractivity contribution in [3.8, 4) is 0 Å². The van der Waals surface area contributed by atoms with Crippen LogP contribution >= 0.6 is 0 Å². The Morgan fingerprint density at radius 1 is 1.00 bits per heavy atom. The van der Waals surface area contributed by atoms with E-state index in [0.717, 1.165) is 23.0 Å². The topological polar surface area (TPSA) is 33.1 Å². The van der Waals surface area contributed by atoms with E-state index in [0.29, 0.717) is 5.56 Å². The zero-order valence-corrected chi connectivity index (χ0v) is 10.4. The van der Waals surface area contributed by atoms with Gasteiger partial charge in [0, 0.05) is 23.2 Å². The zero-order valence-electron chi connectivity index (χ0n) is 10.4. The van der Waals surface area contributed by atoms with Crippen LogP contribution in [0, 0.1) is 11.6 Å². The number of halogens is 2. The summed E-state index contributed by atoms with van der Waals surface area (Å²) in [5.41, 5.74) is 1.38. The average molecular weight is 271 g/mol. The Balaban J connectivity index is 2.05. The molecule has 4 heteroatoms. The van der Waals surface area contributed by atoms with Gasteiger partial charge in [-0.05, 0) is 29.8 Å². The largest absolute Gasteiger partial charge is 0.384 e. The molecule has 3 aromatic rings. The SMILES string of the molecule is OC(c1ccc2ncccc2c1)c1ccc(F)cc1F. The first-order chi connectivity index (χ1) is 9.65. The third-order valence-electron chi connectivity index (χ3n) is 3.20. The monoisotopic (exact) mass is 271 g/mol. The van der Waals surface area contributed by atoms with Crippen molar-refractivity contribution in [2.45, 2.75) is 6.10 Å². The van der Waals surface area contributed by atoms with Crippen LogP contribution < -0.4 is 0 Å². The van der Waals surface area contributed by atoms with Crippen LogP contribution in [0.1, 0.15) is 17.2 Å². The molecule has 2 aromatic carbocycles. The van der Waals surface area contributed by atoms with E-state index >= 15 is 0 Å². The molecule has 100 valence electrons. The van der Waals surface area contributed by atoms with Crippen molar-refractivity contribution in [1.29, 1.82) is 0 Å². The predicted molar refractivity (Wildman–Crippen MR) is 72.2 cm³/mol. The van der Waals surface area contributed by atoms with Crippen LogP contribution in [0.15, 0.2) is 54.7 Å². The third kappa shape index (κ3) is 2.26. The minimum atomic E-state index is -1.14. The normalized spacial score (nSPS) is 12.6. The van der Waals surface area contributed by atoms with Gasteiger partial charge in [0.15, 0.2) is 0 Å². The van der Waals surface area contributed by atoms with Gasteiger partial charge in [0.1, 0.15) is 17.7 Å². The van der Waals surface area contributed by atoms with Gasteiger partial charge in [0.05, 0.1) is 5.52 Å². The molecule has 1 unspecified atom stereocenters. The van der Waals surface area contributed by atoms with E-state index in [4.69, 9.17) is 0 Å². The summed E-state index contributed by atoms with van der Waals surface area (Å²) in [6, 6.07) is 12.0. The van der Waals surface area contributed by atoms with Gasteiger partial charge in [0.25, 0.3) is 0 Å². The second-order valence-corrected chi connectivity index (χ2v) is 4.52. The maximum Gasteiger partial charge on any atom is 0.132 e. The molecule has 0 aliphatic heterocycles. The fourth-order valence-corrected chi connectivity index (χ4v) is 2.17. The van der Waals surface area contributed by atoms with Crippen LogP contribution in [-0.2, 0) is 0 Å². The number of aliphatic hydroxyl groups is 1. The number of fused-ring (bicyclic) bond motifs is 1. The predicted octanol–water partition coefficient (Wildman–Crippen LogP) is 3.59. The molecule has 0 aliphatic rings. The molecular weight excluding hydrogens is 260 g/mol. The van der Waals surface area contributed by atoms with Crippen LogP contribution in [0.4, 0.5) is 8.78 Å². The van der Waals surface area contributed by atoms with Crippen molar-refractivity contribution in [1.82, 2.24) is 4.98 Å². The fourth-order valence-electron chi connectivity index (χ4n) is 2.17. The Morgan fingerprint density at radius 3 is 2.65 bits per heavy atom. The first kappa shape index (κ1) is 12.7. The molecule has 0 spiro atoms. The van der Waals surface area contributed by atoms with Crippen LogP contribution in [-0.4, -0.2) is 10.1 Å². The Labute approximate surface area is 114 Å². The van der Waals surface area contributed by atoms with Gasteiger partial charge in [-0.15, -0.1) is 0 Å². The molecule has 1 atom stereocenters. The van der Waals surface area contributed by atoms with E-state index in [9.17, 15) is 13.9 Å². The summed E-state index contributed by atoms with van der Waals surface area (Å²) >= 11 is 0. The lowest BCUT2D eigenvalue weighted by molar-refractivity contribution is 0.215.